The highest BCUT2D eigenvalue weighted by Gasteiger charge is 2.25. The molecule has 3 heterocycles. The zero-order valence-corrected chi connectivity index (χ0v) is 11.5. The lowest BCUT2D eigenvalue weighted by molar-refractivity contribution is 0.540. The van der Waals surface area contributed by atoms with Crippen LogP contribution in [0.2, 0.25) is 0 Å². The molecule has 0 N–H and O–H groups in total. The first-order valence-electron chi connectivity index (χ1n) is 6.88. The first-order valence-corrected chi connectivity index (χ1v) is 6.88. The first kappa shape index (κ1) is 12.7. The normalized spacial score (nSPS) is 18.2. The Hall–Kier alpha value is -2.35. The number of rotatable bonds is 3. The van der Waals surface area contributed by atoms with Crippen LogP contribution in [-0.2, 0) is 6.54 Å². The lowest BCUT2D eigenvalue weighted by Gasteiger charge is -2.27. The quantitative estimate of drug-likeness (QED) is 0.854. The Labute approximate surface area is 118 Å². The van der Waals surface area contributed by atoms with Gasteiger partial charge in [0, 0.05) is 31.5 Å². The molecule has 2 aromatic rings. The molecule has 5 heteroatoms. The summed E-state index contributed by atoms with van der Waals surface area (Å²) in [5.41, 5.74) is 1.57. The Morgan fingerprint density at radius 1 is 1.40 bits per heavy atom. The molecule has 0 saturated carbocycles. The molecule has 0 unspecified atom stereocenters. The van der Waals surface area contributed by atoms with Gasteiger partial charge in [-0.05, 0) is 31.9 Å². The summed E-state index contributed by atoms with van der Waals surface area (Å²) in [6, 6.07) is 6.30. The fraction of sp³-hybridized carbons (Fsp3) is 0.400. The summed E-state index contributed by atoms with van der Waals surface area (Å²) < 4.78 is 2.19. The van der Waals surface area contributed by atoms with Gasteiger partial charge in [0.2, 0.25) is 0 Å². The predicted molar refractivity (Wildman–Crippen MR) is 76.3 cm³/mol. The van der Waals surface area contributed by atoms with Gasteiger partial charge >= 0.3 is 0 Å². The van der Waals surface area contributed by atoms with Gasteiger partial charge in [-0.25, -0.2) is 9.97 Å². The summed E-state index contributed by atoms with van der Waals surface area (Å²) >= 11 is 0. The molecule has 0 spiro atoms. The van der Waals surface area contributed by atoms with Crippen molar-refractivity contribution in [1.82, 2.24) is 14.5 Å². The molecule has 0 aliphatic carbocycles. The van der Waals surface area contributed by atoms with Gasteiger partial charge in [-0.15, -0.1) is 0 Å². The van der Waals surface area contributed by atoms with Gasteiger partial charge < -0.3 is 9.47 Å². The van der Waals surface area contributed by atoms with Crippen LogP contribution in [0.3, 0.4) is 0 Å². The lowest BCUT2D eigenvalue weighted by Crippen LogP contribution is -2.33. The van der Waals surface area contributed by atoms with E-state index in [4.69, 9.17) is 5.26 Å². The number of anilines is 1. The number of imidazole rings is 1. The molecular formula is C15H17N5. The number of aromatic nitrogens is 3. The maximum absolute atomic E-state index is 8.81. The van der Waals surface area contributed by atoms with E-state index in [9.17, 15) is 0 Å². The van der Waals surface area contributed by atoms with Gasteiger partial charge in [-0.3, -0.25) is 0 Å². The minimum atomic E-state index is 0.468. The lowest BCUT2D eigenvalue weighted by atomic mass is 10.2. The smallest absolute Gasteiger partial charge is 0.140 e. The molecule has 0 amide bonds. The molecule has 0 aromatic carbocycles. The number of pyridine rings is 1. The predicted octanol–water partition coefficient (Wildman–Crippen LogP) is 2.13. The van der Waals surface area contributed by atoms with Crippen molar-refractivity contribution in [3.8, 4) is 6.07 Å². The van der Waals surface area contributed by atoms with Crippen molar-refractivity contribution in [2.45, 2.75) is 32.4 Å². The Bertz CT molecular complexity index is 622. The maximum Gasteiger partial charge on any atom is 0.140 e. The third-order valence-electron chi connectivity index (χ3n) is 3.90. The van der Waals surface area contributed by atoms with E-state index in [1.807, 2.05) is 25.4 Å². The molecule has 5 nitrogen and oxygen atoms in total. The molecule has 0 bridgehead atoms. The van der Waals surface area contributed by atoms with Crippen molar-refractivity contribution in [2.75, 3.05) is 11.4 Å². The maximum atomic E-state index is 8.81. The van der Waals surface area contributed by atoms with Crippen LogP contribution < -0.4 is 4.90 Å². The van der Waals surface area contributed by atoms with Gasteiger partial charge in [0.05, 0.1) is 11.9 Å². The van der Waals surface area contributed by atoms with Crippen molar-refractivity contribution >= 4 is 5.69 Å². The van der Waals surface area contributed by atoms with Crippen molar-refractivity contribution < 1.29 is 0 Å². The summed E-state index contributed by atoms with van der Waals surface area (Å²) in [6.07, 6.45) is 8.05. The Morgan fingerprint density at radius 2 is 2.30 bits per heavy atom. The zero-order valence-electron chi connectivity index (χ0n) is 11.5. The number of nitriles is 1. The van der Waals surface area contributed by atoms with Gasteiger partial charge in [0.25, 0.3) is 0 Å². The largest absolute Gasteiger partial charge is 0.366 e. The first-order chi connectivity index (χ1) is 9.78. The van der Waals surface area contributed by atoms with E-state index < -0.39 is 0 Å². The second kappa shape index (κ2) is 5.33. The van der Waals surface area contributed by atoms with Crippen LogP contribution in [-0.4, -0.2) is 27.1 Å². The van der Waals surface area contributed by atoms with Crippen LogP contribution in [0, 0.1) is 18.3 Å². The Kier molecular flexibility index (Phi) is 3.38. The average Bonchev–Trinajstić information content (AvgIpc) is 3.09. The van der Waals surface area contributed by atoms with Gasteiger partial charge in [0.15, 0.2) is 0 Å². The van der Waals surface area contributed by atoms with E-state index in [0.29, 0.717) is 11.7 Å². The zero-order chi connectivity index (χ0) is 13.9. The topological polar surface area (TPSA) is 57.7 Å². The Balaban J connectivity index is 1.78. The van der Waals surface area contributed by atoms with Crippen LogP contribution in [0.25, 0.3) is 0 Å². The average molecular weight is 267 g/mol. The fourth-order valence-electron chi connectivity index (χ4n) is 2.81. The summed E-state index contributed by atoms with van der Waals surface area (Å²) in [7, 11) is 0. The molecule has 1 saturated heterocycles. The highest BCUT2D eigenvalue weighted by molar-refractivity contribution is 5.47. The van der Waals surface area contributed by atoms with E-state index in [-0.39, 0.29) is 0 Å². The Morgan fingerprint density at radius 3 is 2.95 bits per heavy atom. The molecule has 102 valence electrons. The van der Waals surface area contributed by atoms with Crippen molar-refractivity contribution in [3.63, 3.8) is 0 Å². The SMILES string of the molecule is Cc1nccn1C[C@@H]1CCCN1c1ccc(C#N)nc1. The third kappa shape index (κ3) is 2.37. The molecule has 1 aliphatic heterocycles. The monoisotopic (exact) mass is 267 g/mol. The summed E-state index contributed by atoms with van der Waals surface area (Å²) in [5.74, 6) is 1.05. The third-order valence-corrected chi connectivity index (χ3v) is 3.90. The highest BCUT2D eigenvalue weighted by atomic mass is 15.2. The van der Waals surface area contributed by atoms with Gasteiger partial charge in [-0.1, -0.05) is 0 Å². The second-order valence-corrected chi connectivity index (χ2v) is 5.13. The van der Waals surface area contributed by atoms with Gasteiger partial charge in [-0.2, -0.15) is 5.26 Å². The number of nitrogens with zero attached hydrogens (tertiary/aromatic N) is 5. The summed E-state index contributed by atoms with van der Waals surface area (Å²) in [6.45, 7) is 4.03. The molecule has 20 heavy (non-hydrogen) atoms. The number of aryl methyl sites for hydroxylation is 1. The molecule has 1 aliphatic rings. The molecule has 0 radical (unpaired) electrons. The molecular weight excluding hydrogens is 250 g/mol. The van der Waals surface area contributed by atoms with E-state index in [1.54, 1.807) is 12.3 Å². The number of hydrogen-bond acceptors (Lipinski definition) is 4. The van der Waals surface area contributed by atoms with E-state index in [1.165, 1.54) is 12.8 Å². The number of hydrogen-bond donors (Lipinski definition) is 0. The van der Waals surface area contributed by atoms with Crippen LogP contribution in [0.4, 0.5) is 5.69 Å². The van der Waals surface area contributed by atoms with Gasteiger partial charge in [0.1, 0.15) is 17.6 Å². The summed E-state index contributed by atoms with van der Waals surface area (Å²) in [4.78, 5) is 10.8. The van der Waals surface area contributed by atoms with Crippen LogP contribution >= 0.6 is 0 Å². The molecule has 3 rings (SSSR count). The molecule has 1 fully saturated rings. The second-order valence-electron chi connectivity index (χ2n) is 5.13. The van der Waals surface area contributed by atoms with Crippen molar-refractivity contribution in [3.05, 3.63) is 42.2 Å². The van der Waals surface area contributed by atoms with Crippen LogP contribution in [0.1, 0.15) is 24.4 Å². The summed E-state index contributed by atoms with van der Waals surface area (Å²) in [5, 5.41) is 8.81. The van der Waals surface area contributed by atoms with Crippen LogP contribution in [0.5, 0.6) is 0 Å². The van der Waals surface area contributed by atoms with E-state index in [2.05, 4.69) is 25.5 Å². The van der Waals surface area contributed by atoms with E-state index in [0.717, 1.165) is 24.6 Å². The van der Waals surface area contributed by atoms with Crippen molar-refractivity contribution in [1.29, 1.82) is 5.26 Å². The standard InChI is InChI=1S/C15H17N5/c1-12-17-6-8-19(12)11-15-3-2-7-20(15)14-5-4-13(9-16)18-10-14/h4-6,8,10,15H,2-3,7,11H2,1H3/t15-/m0/s1. The van der Waals surface area contributed by atoms with E-state index >= 15 is 0 Å². The fourth-order valence-corrected chi connectivity index (χ4v) is 2.81. The molecule has 2 aromatic heterocycles. The minimum Gasteiger partial charge on any atom is -0.366 e. The minimum absolute atomic E-state index is 0.468. The van der Waals surface area contributed by atoms with Crippen LogP contribution in [0.15, 0.2) is 30.7 Å². The highest BCUT2D eigenvalue weighted by Crippen LogP contribution is 2.26. The van der Waals surface area contributed by atoms with Crippen molar-refractivity contribution in [2.24, 2.45) is 0 Å². The molecule has 1 atom stereocenters.